The van der Waals surface area contributed by atoms with Crippen molar-refractivity contribution in [3.05, 3.63) is 57.7 Å². The third-order valence-corrected chi connectivity index (χ3v) is 7.88. The molecule has 0 saturated heterocycles. The number of carbonyl (C=O) groups excluding carboxylic acids is 1. The second-order valence-electron chi connectivity index (χ2n) is 10.5. The molecule has 0 unspecified atom stereocenters. The van der Waals surface area contributed by atoms with Crippen molar-refractivity contribution in [3.63, 3.8) is 0 Å². The number of hydrogen-bond acceptors (Lipinski definition) is 4. The van der Waals surface area contributed by atoms with Gasteiger partial charge in [0, 0.05) is 40.1 Å². The lowest BCUT2D eigenvalue weighted by molar-refractivity contribution is 0.0940. The van der Waals surface area contributed by atoms with Crippen LogP contribution >= 0.6 is 23.2 Å². The summed E-state index contributed by atoms with van der Waals surface area (Å²) in [4.78, 5) is 20.1. The van der Waals surface area contributed by atoms with Crippen LogP contribution in [0.2, 0.25) is 10.0 Å². The lowest BCUT2D eigenvalue weighted by atomic mass is 9.85. The lowest BCUT2D eigenvalue weighted by Gasteiger charge is -2.32. The zero-order chi connectivity index (χ0) is 25.3. The second-order valence-corrected chi connectivity index (χ2v) is 11.3. The van der Waals surface area contributed by atoms with E-state index in [4.69, 9.17) is 23.2 Å². The fourth-order valence-corrected chi connectivity index (χ4v) is 5.53. The van der Waals surface area contributed by atoms with E-state index in [9.17, 15) is 4.79 Å². The minimum atomic E-state index is -0.108. The highest BCUT2D eigenvalue weighted by Crippen LogP contribution is 2.36. The number of halogens is 2. The Labute approximate surface area is 219 Å². The largest absolute Gasteiger partial charge is 0.381 e. The predicted octanol–water partition coefficient (Wildman–Crippen LogP) is 7.89. The maximum atomic E-state index is 13.2. The fraction of sp³-hybridized carbons (Fsp3) is 0.448. The fourth-order valence-electron chi connectivity index (χ4n) is 5.05. The Balaban J connectivity index is 1.75. The van der Waals surface area contributed by atoms with Gasteiger partial charge in [-0.15, -0.1) is 0 Å². The van der Waals surface area contributed by atoms with Crippen molar-refractivity contribution in [1.82, 2.24) is 9.88 Å². The first-order valence-corrected chi connectivity index (χ1v) is 13.2. The Morgan fingerprint density at radius 3 is 2.31 bits per heavy atom. The number of aromatic nitrogens is 1. The molecule has 4 nitrogen and oxygen atoms in total. The predicted molar refractivity (Wildman–Crippen MR) is 149 cm³/mol. The first kappa shape index (κ1) is 25.9. The van der Waals surface area contributed by atoms with Crippen molar-refractivity contribution in [2.75, 3.05) is 26.0 Å². The summed E-state index contributed by atoms with van der Waals surface area (Å²) in [7, 11) is 4.28. The highest BCUT2D eigenvalue weighted by atomic mass is 35.5. The van der Waals surface area contributed by atoms with Crippen LogP contribution in [0.4, 0.5) is 5.69 Å². The molecule has 1 heterocycles. The van der Waals surface area contributed by atoms with Gasteiger partial charge in [-0.1, -0.05) is 43.1 Å². The first-order chi connectivity index (χ1) is 16.6. The third-order valence-electron chi connectivity index (χ3n) is 7.09. The summed E-state index contributed by atoms with van der Waals surface area (Å²) < 4.78 is 0. The molecule has 0 atom stereocenters. The molecule has 1 aliphatic carbocycles. The van der Waals surface area contributed by atoms with Crippen LogP contribution in [-0.2, 0) is 0 Å². The van der Waals surface area contributed by atoms with Gasteiger partial charge in [0.15, 0.2) is 5.78 Å². The molecule has 186 valence electrons. The molecule has 0 bridgehead atoms. The van der Waals surface area contributed by atoms with E-state index < -0.39 is 0 Å². The SMILES string of the molecule is Cc1c(Cl)cc(-c2ccc3ncc(C(=O)C(C)C)c(N[C@H]4CC[C@H](CN(C)C)CC4)c3c2)cc1Cl. The molecule has 0 radical (unpaired) electrons. The van der Waals surface area contributed by atoms with Crippen molar-refractivity contribution in [2.45, 2.75) is 52.5 Å². The molecule has 0 amide bonds. The zero-order valence-electron chi connectivity index (χ0n) is 21.3. The Morgan fingerprint density at radius 2 is 1.71 bits per heavy atom. The Hall–Kier alpha value is -2.14. The first-order valence-electron chi connectivity index (χ1n) is 12.5. The van der Waals surface area contributed by atoms with E-state index in [1.165, 1.54) is 12.8 Å². The van der Waals surface area contributed by atoms with Gasteiger partial charge in [-0.25, -0.2) is 0 Å². The second kappa shape index (κ2) is 10.9. The molecule has 3 aromatic rings. The van der Waals surface area contributed by atoms with Crippen LogP contribution in [0.15, 0.2) is 36.5 Å². The van der Waals surface area contributed by atoms with E-state index in [1.807, 2.05) is 45.0 Å². The molecule has 2 aromatic carbocycles. The molecule has 35 heavy (non-hydrogen) atoms. The van der Waals surface area contributed by atoms with Crippen molar-refractivity contribution < 1.29 is 4.79 Å². The van der Waals surface area contributed by atoms with Crippen LogP contribution in [0.3, 0.4) is 0 Å². The average molecular weight is 513 g/mol. The molecule has 6 heteroatoms. The van der Waals surface area contributed by atoms with Crippen molar-refractivity contribution in [2.24, 2.45) is 11.8 Å². The van der Waals surface area contributed by atoms with Gasteiger partial charge in [0.25, 0.3) is 0 Å². The van der Waals surface area contributed by atoms with Crippen molar-refractivity contribution in [1.29, 1.82) is 0 Å². The normalized spacial score (nSPS) is 18.4. The third kappa shape index (κ3) is 5.82. The van der Waals surface area contributed by atoms with Gasteiger partial charge < -0.3 is 10.2 Å². The highest BCUT2D eigenvalue weighted by Gasteiger charge is 2.25. The number of rotatable bonds is 7. The van der Waals surface area contributed by atoms with Crippen LogP contribution in [0.1, 0.15) is 55.5 Å². The average Bonchev–Trinajstić information content (AvgIpc) is 2.82. The van der Waals surface area contributed by atoms with Crippen LogP contribution < -0.4 is 5.32 Å². The maximum Gasteiger partial charge on any atom is 0.169 e. The summed E-state index contributed by atoms with van der Waals surface area (Å²) in [5, 5.41) is 6.02. The summed E-state index contributed by atoms with van der Waals surface area (Å²) in [5.41, 5.74) is 5.24. The number of fused-ring (bicyclic) bond motifs is 1. The highest BCUT2D eigenvalue weighted by molar-refractivity contribution is 6.36. The Kier molecular flexibility index (Phi) is 8.05. The van der Waals surface area contributed by atoms with Crippen LogP contribution in [-0.4, -0.2) is 42.3 Å². The Morgan fingerprint density at radius 1 is 1.06 bits per heavy atom. The molecule has 1 aromatic heterocycles. The molecule has 1 fully saturated rings. The van der Waals surface area contributed by atoms with E-state index in [0.717, 1.165) is 58.6 Å². The van der Waals surface area contributed by atoms with Gasteiger partial charge in [0.2, 0.25) is 0 Å². The lowest BCUT2D eigenvalue weighted by Crippen LogP contribution is -2.31. The minimum Gasteiger partial charge on any atom is -0.381 e. The summed E-state index contributed by atoms with van der Waals surface area (Å²) in [6, 6.07) is 10.4. The van der Waals surface area contributed by atoms with Crippen LogP contribution in [0, 0.1) is 18.8 Å². The molecular formula is C29H35Cl2N3O. The van der Waals surface area contributed by atoms with Crippen LogP contribution in [0.25, 0.3) is 22.0 Å². The van der Waals surface area contributed by atoms with E-state index in [2.05, 4.69) is 35.4 Å². The summed E-state index contributed by atoms with van der Waals surface area (Å²) in [5.74, 6) is 0.732. The van der Waals surface area contributed by atoms with Crippen molar-refractivity contribution >= 4 is 45.6 Å². The molecule has 1 aliphatic rings. The molecule has 4 rings (SSSR count). The van der Waals surface area contributed by atoms with Gasteiger partial charge in [-0.2, -0.15) is 0 Å². The molecule has 0 spiro atoms. The van der Waals surface area contributed by atoms with Gasteiger partial charge in [0.05, 0.1) is 16.8 Å². The number of carbonyl (C=O) groups is 1. The number of pyridine rings is 1. The number of ketones is 1. The number of hydrogen-bond donors (Lipinski definition) is 1. The maximum absolute atomic E-state index is 13.2. The minimum absolute atomic E-state index is 0.107. The number of nitrogens with zero attached hydrogens (tertiary/aromatic N) is 2. The van der Waals surface area contributed by atoms with Crippen LogP contribution in [0.5, 0.6) is 0 Å². The summed E-state index contributed by atoms with van der Waals surface area (Å²) in [6.45, 7) is 6.93. The summed E-state index contributed by atoms with van der Waals surface area (Å²) >= 11 is 12.9. The van der Waals surface area contributed by atoms with Gasteiger partial charge in [0.1, 0.15) is 0 Å². The van der Waals surface area contributed by atoms with Gasteiger partial charge >= 0.3 is 0 Å². The van der Waals surface area contributed by atoms with Gasteiger partial charge in [-0.05, 0) is 93.6 Å². The topological polar surface area (TPSA) is 45.2 Å². The van der Waals surface area contributed by atoms with E-state index in [-0.39, 0.29) is 11.7 Å². The molecule has 1 N–H and O–H groups in total. The number of anilines is 1. The van der Waals surface area contributed by atoms with E-state index in [1.54, 1.807) is 6.20 Å². The van der Waals surface area contributed by atoms with Crippen molar-refractivity contribution in [3.8, 4) is 11.1 Å². The number of benzene rings is 2. The molecule has 1 saturated carbocycles. The smallest absolute Gasteiger partial charge is 0.169 e. The standard InChI is InChI=1S/C29H35Cl2N3O/c1-17(2)29(35)24-15-32-27-11-8-20(21-13-25(30)18(3)26(31)14-21)12-23(27)28(24)33-22-9-6-19(7-10-22)16-34(4)5/h8,11-15,17,19,22H,6-7,9-10,16H2,1-5H3,(H,32,33)/t19-,22-. The molecular weight excluding hydrogens is 477 g/mol. The quantitative estimate of drug-likeness (QED) is 0.327. The molecule has 0 aliphatic heterocycles. The number of Topliss-reactive ketones (excluding diaryl/α,β-unsaturated/α-hetero) is 1. The van der Waals surface area contributed by atoms with Gasteiger partial charge in [-0.3, -0.25) is 9.78 Å². The number of nitrogens with one attached hydrogen (secondary N) is 1. The monoisotopic (exact) mass is 511 g/mol. The summed E-state index contributed by atoms with van der Waals surface area (Å²) in [6.07, 6.45) is 6.32. The Bertz CT molecular complexity index is 1210. The van der Waals surface area contributed by atoms with E-state index >= 15 is 0 Å². The zero-order valence-corrected chi connectivity index (χ0v) is 22.8. The van der Waals surface area contributed by atoms with E-state index in [0.29, 0.717) is 21.7 Å².